The summed E-state index contributed by atoms with van der Waals surface area (Å²) in [4.78, 5) is 15.1. The Labute approximate surface area is 136 Å². The molecule has 2 aliphatic heterocycles. The number of hydrogen-bond acceptors (Lipinski definition) is 4. The van der Waals surface area contributed by atoms with Gasteiger partial charge in [0, 0.05) is 17.5 Å². The SMILES string of the molecule is N#CC1CC2CC2N1C(=O)C1NC2C3(O)CC4CC(C3)CC12C4. The minimum atomic E-state index is -0.581. The van der Waals surface area contributed by atoms with Crippen LogP contribution in [0, 0.1) is 34.5 Å². The Balaban J connectivity index is 1.33. The van der Waals surface area contributed by atoms with Crippen LogP contribution in [-0.4, -0.2) is 45.7 Å². The Kier molecular flexibility index (Phi) is 2.16. The lowest BCUT2D eigenvalue weighted by molar-refractivity contribution is -0.244. The van der Waals surface area contributed by atoms with Gasteiger partial charge in [0.15, 0.2) is 0 Å². The van der Waals surface area contributed by atoms with Gasteiger partial charge in [-0.2, -0.15) is 5.26 Å². The third-order valence-electron chi connectivity index (χ3n) is 8.06. The van der Waals surface area contributed by atoms with Gasteiger partial charge in [0.2, 0.25) is 5.91 Å². The standard InChI is InChI=1S/C18H23N3O2/c19-8-12-2-11-3-13(11)21(12)15(22)14-17-4-9-1-10(5-17)7-18(23,6-9)16(17)20-14/h9-14,16,20,23H,1-7H2. The van der Waals surface area contributed by atoms with Gasteiger partial charge in [-0.1, -0.05) is 0 Å². The Hall–Kier alpha value is -1.12. The highest BCUT2D eigenvalue weighted by Gasteiger charge is 2.73. The van der Waals surface area contributed by atoms with E-state index in [1.807, 2.05) is 4.90 Å². The molecule has 7 unspecified atom stereocenters. The van der Waals surface area contributed by atoms with Crippen molar-refractivity contribution in [3.8, 4) is 6.07 Å². The number of carbonyl (C=O) groups is 1. The van der Waals surface area contributed by atoms with Crippen molar-refractivity contribution < 1.29 is 9.90 Å². The van der Waals surface area contributed by atoms with Gasteiger partial charge in [0.25, 0.3) is 0 Å². The molecule has 4 bridgehead atoms. The molecule has 7 rings (SSSR count). The zero-order chi connectivity index (χ0) is 15.6. The Bertz CT molecular complexity index is 641. The highest BCUT2D eigenvalue weighted by molar-refractivity contribution is 5.86. The first kappa shape index (κ1) is 13.2. The summed E-state index contributed by atoms with van der Waals surface area (Å²) in [6.07, 6.45) is 7.22. The van der Waals surface area contributed by atoms with Gasteiger partial charge in [-0.15, -0.1) is 0 Å². The molecule has 0 radical (unpaired) electrons. The number of nitrogens with one attached hydrogen (secondary N) is 1. The molecule has 5 aliphatic carbocycles. The van der Waals surface area contributed by atoms with E-state index in [1.54, 1.807) is 0 Å². The maximum Gasteiger partial charge on any atom is 0.241 e. The molecule has 1 amide bonds. The number of hydrogen-bond donors (Lipinski definition) is 2. The van der Waals surface area contributed by atoms with Crippen molar-refractivity contribution in [2.75, 3.05) is 0 Å². The predicted octanol–water partition coefficient (Wildman–Crippen LogP) is 0.781. The second-order valence-corrected chi connectivity index (χ2v) is 9.34. The summed E-state index contributed by atoms with van der Waals surface area (Å²) in [5, 5.41) is 23.9. The topological polar surface area (TPSA) is 76.4 Å². The molecular formula is C18H23N3O2. The van der Waals surface area contributed by atoms with Gasteiger partial charge < -0.3 is 10.0 Å². The fraction of sp³-hybridized carbons (Fsp3) is 0.889. The van der Waals surface area contributed by atoms with Crippen LogP contribution in [-0.2, 0) is 4.79 Å². The number of amides is 1. The molecule has 5 saturated carbocycles. The van der Waals surface area contributed by atoms with Crippen LogP contribution in [0.1, 0.15) is 44.9 Å². The van der Waals surface area contributed by atoms with Gasteiger partial charge in [0.05, 0.1) is 17.7 Å². The van der Waals surface area contributed by atoms with E-state index in [9.17, 15) is 15.2 Å². The smallest absolute Gasteiger partial charge is 0.241 e. The van der Waals surface area contributed by atoms with Crippen molar-refractivity contribution in [1.29, 1.82) is 5.26 Å². The van der Waals surface area contributed by atoms with Crippen LogP contribution in [0.25, 0.3) is 0 Å². The van der Waals surface area contributed by atoms with E-state index in [0.29, 0.717) is 23.8 Å². The minimum absolute atomic E-state index is 0.0249. The molecule has 7 fully saturated rings. The maximum absolute atomic E-state index is 13.2. The first-order valence-corrected chi connectivity index (χ1v) is 9.24. The Morgan fingerprint density at radius 3 is 2.61 bits per heavy atom. The van der Waals surface area contributed by atoms with Crippen LogP contribution in [0.15, 0.2) is 0 Å². The van der Waals surface area contributed by atoms with Gasteiger partial charge in [-0.25, -0.2) is 0 Å². The number of fused-ring (bicyclic) bond motifs is 1. The molecular weight excluding hydrogens is 290 g/mol. The molecule has 7 atom stereocenters. The number of nitriles is 1. The molecule has 5 heteroatoms. The van der Waals surface area contributed by atoms with E-state index in [2.05, 4.69) is 11.4 Å². The summed E-state index contributed by atoms with van der Waals surface area (Å²) in [6.45, 7) is 0. The van der Waals surface area contributed by atoms with Crippen molar-refractivity contribution in [2.45, 2.75) is 74.7 Å². The third kappa shape index (κ3) is 1.40. The highest BCUT2D eigenvalue weighted by Crippen LogP contribution is 2.67. The fourth-order valence-electron chi connectivity index (χ4n) is 7.51. The average Bonchev–Trinajstić information content (AvgIpc) is 3.13. The van der Waals surface area contributed by atoms with Crippen LogP contribution in [0.5, 0.6) is 0 Å². The van der Waals surface area contributed by atoms with E-state index >= 15 is 0 Å². The molecule has 0 aromatic carbocycles. The van der Waals surface area contributed by atoms with Gasteiger partial charge in [0.1, 0.15) is 6.04 Å². The van der Waals surface area contributed by atoms with E-state index in [4.69, 9.17) is 0 Å². The van der Waals surface area contributed by atoms with E-state index in [0.717, 1.165) is 38.5 Å². The summed E-state index contributed by atoms with van der Waals surface area (Å²) >= 11 is 0. The summed E-state index contributed by atoms with van der Waals surface area (Å²) in [7, 11) is 0. The lowest BCUT2D eigenvalue weighted by Gasteiger charge is -2.72. The normalized spacial score (nSPS) is 60.7. The molecule has 122 valence electrons. The fourth-order valence-corrected chi connectivity index (χ4v) is 7.51. The number of rotatable bonds is 1. The lowest BCUT2D eigenvalue weighted by atomic mass is 9.40. The molecule has 2 saturated heterocycles. The van der Waals surface area contributed by atoms with Crippen molar-refractivity contribution in [2.24, 2.45) is 23.2 Å². The molecule has 1 spiro atoms. The summed E-state index contributed by atoms with van der Waals surface area (Å²) in [5.41, 5.74) is -0.606. The summed E-state index contributed by atoms with van der Waals surface area (Å²) < 4.78 is 0. The first-order chi connectivity index (χ1) is 11.0. The van der Waals surface area contributed by atoms with Gasteiger partial charge >= 0.3 is 0 Å². The third-order valence-corrected chi connectivity index (χ3v) is 8.06. The summed E-state index contributed by atoms with van der Waals surface area (Å²) in [5.74, 6) is 1.92. The predicted molar refractivity (Wildman–Crippen MR) is 80.9 cm³/mol. The first-order valence-electron chi connectivity index (χ1n) is 9.24. The molecule has 2 heterocycles. The average molecular weight is 313 g/mol. The van der Waals surface area contributed by atoms with Crippen LogP contribution >= 0.6 is 0 Å². The van der Waals surface area contributed by atoms with Crippen LogP contribution in [0.2, 0.25) is 0 Å². The maximum atomic E-state index is 13.2. The number of carbonyl (C=O) groups excluding carboxylic acids is 1. The van der Waals surface area contributed by atoms with Crippen molar-refractivity contribution in [3.63, 3.8) is 0 Å². The molecule has 5 nitrogen and oxygen atoms in total. The second kappa shape index (κ2) is 3.75. The molecule has 23 heavy (non-hydrogen) atoms. The number of likely N-dealkylation sites (tertiary alicyclic amines) is 1. The monoisotopic (exact) mass is 313 g/mol. The van der Waals surface area contributed by atoms with Gasteiger partial charge in [-0.05, 0) is 62.7 Å². The molecule has 2 N–H and O–H groups in total. The van der Waals surface area contributed by atoms with Crippen LogP contribution in [0.3, 0.4) is 0 Å². The van der Waals surface area contributed by atoms with Crippen LogP contribution < -0.4 is 5.32 Å². The van der Waals surface area contributed by atoms with E-state index in [-0.39, 0.29) is 29.4 Å². The van der Waals surface area contributed by atoms with Crippen LogP contribution in [0.4, 0.5) is 0 Å². The number of nitrogens with zero attached hydrogens (tertiary/aromatic N) is 2. The van der Waals surface area contributed by atoms with E-state index in [1.165, 1.54) is 6.42 Å². The quantitative estimate of drug-likeness (QED) is 0.750. The second-order valence-electron chi connectivity index (χ2n) is 9.34. The summed E-state index contributed by atoms with van der Waals surface area (Å²) in [6, 6.07) is 2.40. The Morgan fingerprint density at radius 1 is 1.17 bits per heavy atom. The minimum Gasteiger partial charge on any atom is -0.388 e. The lowest BCUT2D eigenvalue weighted by Crippen LogP contribution is -2.86. The largest absolute Gasteiger partial charge is 0.388 e. The molecule has 0 aromatic heterocycles. The zero-order valence-electron chi connectivity index (χ0n) is 13.2. The highest BCUT2D eigenvalue weighted by atomic mass is 16.3. The van der Waals surface area contributed by atoms with Crippen molar-refractivity contribution in [1.82, 2.24) is 10.2 Å². The van der Waals surface area contributed by atoms with Crippen molar-refractivity contribution in [3.05, 3.63) is 0 Å². The van der Waals surface area contributed by atoms with Gasteiger partial charge in [-0.3, -0.25) is 10.1 Å². The number of aliphatic hydroxyl groups is 1. The van der Waals surface area contributed by atoms with E-state index < -0.39 is 5.60 Å². The van der Waals surface area contributed by atoms with Crippen molar-refractivity contribution >= 4 is 5.91 Å². The zero-order valence-corrected chi connectivity index (χ0v) is 13.2. The Morgan fingerprint density at radius 2 is 1.91 bits per heavy atom. The molecule has 0 aromatic rings. The number of piperidine rings is 1. The molecule has 7 aliphatic rings.